The van der Waals surface area contributed by atoms with Crippen LogP contribution in [-0.2, 0) is 19.8 Å². The van der Waals surface area contributed by atoms with Crippen LogP contribution >= 0.6 is 0 Å². The van der Waals surface area contributed by atoms with E-state index in [1.807, 2.05) is 42.2 Å². The molecule has 0 aliphatic carbocycles. The molecule has 7 rings (SSSR count). The topological polar surface area (TPSA) is 155 Å². The molecule has 0 unspecified atom stereocenters. The van der Waals surface area contributed by atoms with Crippen LogP contribution in [0.3, 0.4) is 0 Å². The predicted octanol–water partition coefficient (Wildman–Crippen LogP) is 3.28. The van der Waals surface area contributed by atoms with Crippen molar-refractivity contribution in [3.8, 4) is 0 Å². The summed E-state index contributed by atoms with van der Waals surface area (Å²) in [5.74, 6) is -1.38. The molecule has 0 saturated carbocycles. The van der Waals surface area contributed by atoms with Gasteiger partial charge in [-0.3, -0.25) is 24.4 Å². The lowest BCUT2D eigenvalue weighted by Gasteiger charge is -2.36. The summed E-state index contributed by atoms with van der Waals surface area (Å²) in [5, 5.41) is 25.4. The van der Waals surface area contributed by atoms with Crippen LogP contribution < -0.4 is 25.8 Å². The number of aromatic nitrogens is 4. The quantitative estimate of drug-likeness (QED) is 0.168. The average molecular weight is 712 g/mol. The van der Waals surface area contributed by atoms with Gasteiger partial charge in [0, 0.05) is 88.3 Å². The summed E-state index contributed by atoms with van der Waals surface area (Å²) in [4.78, 5) is 57.3. The Morgan fingerprint density at radius 1 is 0.904 bits per heavy atom. The molecule has 0 bridgehead atoms. The second kappa shape index (κ2) is 14.3. The van der Waals surface area contributed by atoms with Crippen molar-refractivity contribution in [2.75, 3.05) is 67.1 Å². The number of hydrogen-bond donors (Lipinski definition) is 1. The molecule has 1 N–H and O–H groups in total. The van der Waals surface area contributed by atoms with Crippen LogP contribution in [0.5, 0.6) is 0 Å². The summed E-state index contributed by atoms with van der Waals surface area (Å²) in [7, 11) is 0. The Bertz CT molecular complexity index is 2240. The number of carboxylic acids is 1. The van der Waals surface area contributed by atoms with Crippen LogP contribution in [0, 0.1) is 15.9 Å². The van der Waals surface area contributed by atoms with Gasteiger partial charge in [0.25, 0.3) is 5.69 Å². The van der Waals surface area contributed by atoms with Crippen LogP contribution in [0.1, 0.15) is 22.8 Å². The van der Waals surface area contributed by atoms with E-state index in [9.17, 15) is 29.6 Å². The molecule has 3 aromatic carbocycles. The summed E-state index contributed by atoms with van der Waals surface area (Å²) in [6.07, 6.45) is 1.30. The van der Waals surface area contributed by atoms with Crippen molar-refractivity contribution in [2.45, 2.75) is 26.7 Å². The molecule has 0 radical (unpaired) electrons. The van der Waals surface area contributed by atoms with E-state index < -0.39 is 27.7 Å². The highest BCUT2D eigenvalue weighted by atomic mass is 19.1. The molecule has 0 amide bonds. The second-order valence-electron chi connectivity index (χ2n) is 12.9. The lowest BCUT2D eigenvalue weighted by Crippen LogP contribution is -2.48. The summed E-state index contributed by atoms with van der Waals surface area (Å²) in [5.41, 5.74) is 1.35. The third-order valence-electron chi connectivity index (χ3n) is 9.84. The van der Waals surface area contributed by atoms with Crippen LogP contribution in [0.15, 0.2) is 82.5 Å². The van der Waals surface area contributed by atoms with Gasteiger partial charge >= 0.3 is 11.7 Å². The van der Waals surface area contributed by atoms with Gasteiger partial charge in [0.05, 0.1) is 29.3 Å². The molecule has 2 aromatic heterocycles. The number of carbonyl (C=O) groups is 1. The smallest absolute Gasteiger partial charge is 0.348 e. The number of benzene rings is 3. The van der Waals surface area contributed by atoms with Gasteiger partial charge in [-0.15, -0.1) is 5.10 Å². The number of hydrogen-bond acceptors (Lipinski definition) is 10. The molecular weight excluding hydrogens is 673 g/mol. The maximum atomic E-state index is 15.5. The van der Waals surface area contributed by atoms with Gasteiger partial charge in [-0.2, -0.15) is 4.68 Å². The highest BCUT2D eigenvalue weighted by Crippen LogP contribution is 2.27. The van der Waals surface area contributed by atoms with E-state index in [0.29, 0.717) is 82.6 Å². The fourth-order valence-corrected chi connectivity index (χ4v) is 6.99. The molecule has 0 atom stereocenters. The Labute approximate surface area is 297 Å². The summed E-state index contributed by atoms with van der Waals surface area (Å²) < 4.78 is 20.3. The minimum Gasteiger partial charge on any atom is -0.477 e. The van der Waals surface area contributed by atoms with Crippen LogP contribution in [0.2, 0.25) is 0 Å². The van der Waals surface area contributed by atoms with E-state index >= 15 is 4.39 Å². The molecule has 4 heterocycles. The van der Waals surface area contributed by atoms with Gasteiger partial charge in [0.15, 0.2) is 0 Å². The van der Waals surface area contributed by atoms with Crippen molar-refractivity contribution >= 4 is 39.9 Å². The zero-order chi connectivity index (χ0) is 36.5. The third-order valence-corrected chi connectivity index (χ3v) is 9.84. The standard InChI is InChI=1S/C36H38FN9O6/c1-2-40-23-29(34(48)49)33(47)28-20-30(37)32(21-31(28)40)42-14-12-39(13-15-42)24-45-36(50)44(22-25-6-4-3-5-7-25)35(38-45)43-18-16-41(17-19-43)26-8-10-27(11-9-26)46(51)52/h3-11,20-21,23H,2,12-19,22,24H2,1H3,(H,48,49). The van der Waals surface area contributed by atoms with Gasteiger partial charge in [0.2, 0.25) is 11.4 Å². The van der Waals surface area contributed by atoms with Crippen molar-refractivity contribution in [3.63, 3.8) is 0 Å². The first-order chi connectivity index (χ1) is 25.1. The SMILES string of the molecule is CCn1cc(C(=O)O)c(=O)c2cc(F)c(N3CCN(Cn4nc(N5CCN(c6ccc([N+](=O)[O-])cc6)CC5)n(Cc5ccccc5)c4=O)CC3)cc21. The zero-order valence-corrected chi connectivity index (χ0v) is 28.6. The first-order valence-electron chi connectivity index (χ1n) is 17.1. The fraction of sp³-hybridized carbons (Fsp3) is 0.333. The molecular formula is C36H38FN9O6. The molecule has 5 aromatic rings. The fourth-order valence-electron chi connectivity index (χ4n) is 6.99. The predicted molar refractivity (Wildman–Crippen MR) is 194 cm³/mol. The van der Waals surface area contributed by atoms with Gasteiger partial charge in [-0.25, -0.2) is 14.0 Å². The van der Waals surface area contributed by atoms with Gasteiger partial charge < -0.3 is 24.4 Å². The first-order valence-corrected chi connectivity index (χ1v) is 17.1. The second-order valence-corrected chi connectivity index (χ2v) is 12.9. The van der Waals surface area contributed by atoms with E-state index in [1.165, 1.54) is 23.0 Å². The number of fused-ring (bicyclic) bond motifs is 1. The minimum atomic E-state index is -1.35. The van der Waals surface area contributed by atoms with Crippen LogP contribution in [0.25, 0.3) is 10.9 Å². The highest BCUT2D eigenvalue weighted by Gasteiger charge is 2.27. The molecule has 2 saturated heterocycles. The van der Waals surface area contributed by atoms with Gasteiger partial charge in [-0.05, 0) is 36.8 Å². The van der Waals surface area contributed by atoms with Crippen molar-refractivity contribution in [3.05, 3.63) is 121 Å². The Balaban J connectivity index is 1.08. The Morgan fingerprint density at radius 2 is 1.56 bits per heavy atom. The van der Waals surface area contributed by atoms with Crippen LogP contribution in [-0.4, -0.2) is 92.2 Å². The Morgan fingerprint density at radius 3 is 2.19 bits per heavy atom. The number of piperazine rings is 2. The van der Waals surface area contributed by atoms with E-state index in [0.717, 1.165) is 17.3 Å². The number of carboxylic acid groups (broad SMARTS) is 1. The van der Waals surface area contributed by atoms with Crippen molar-refractivity contribution < 1.29 is 19.2 Å². The first kappa shape index (κ1) is 34.4. The lowest BCUT2D eigenvalue weighted by atomic mass is 10.1. The van der Waals surface area contributed by atoms with E-state index in [1.54, 1.807) is 27.3 Å². The molecule has 16 heteroatoms. The van der Waals surface area contributed by atoms with Crippen molar-refractivity contribution in [1.82, 2.24) is 23.8 Å². The largest absolute Gasteiger partial charge is 0.477 e. The zero-order valence-electron chi connectivity index (χ0n) is 28.6. The van der Waals surface area contributed by atoms with Crippen molar-refractivity contribution in [2.24, 2.45) is 0 Å². The van der Waals surface area contributed by atoms with Gasteiger partial charge in [0.1, 0.15) is 11.4 Å². The number of pyridine rings is 1. The van der Waals surface area contributed by atoms with Crippen LogP contribution in [0.4, 0.5) is 27.4 Å². The maximum absolute atomic E-state index is 15.5. The summed E-state index contributed by atoms with van der Waals surface area (Å²) in [6, 6.07) is 19.0. The number of non-ortho nitro benzene ring substituents is 1. The van der Waals surface area contributed by atoms with Gasteiger partial charge in [-0.1, -0.05) is 30.3 Å². The lowest BCUT2D eigenvalue weighted by molar-refractivity contribution is -0.384. The Kier molecular flexibility index (Phi) is 9.47. The van der Waals surface area contributed by atoms with Crippen molar-refractivity contribution in [1.29, 1.82) is 0 Å². The molecule has 15 nitrogen and oxygen atoms in total. The average Bonchev–Trinajstić information content (AvgIpc) is 3.46. The number of aryl methyl sites for hydroxylation is 1. The molecule has 0 spiro atoms. The number of anilines is 3. The number of halogens is 1. The number of nitro benzene ring substituents is 1. The summed E-state index contributed by atoms with van der Waals surface area (Å²) >= 11 is 0. The molecule has 2 aliphatic heterocycles. The number of aromatic carboxylic acids is 1. The number of rotatable bonds is 10. The summed E-state index contributed by atoms with van der Waals surface area (Å²) in [6.45, 7) is 7.29. The number of nitro groups is 1. The van der Waals surface area contributed by atoms with E-state index in [-0.39, 0.29) is 23.4 Å². The molecule has 52 heavy (non-hydrogen) atoms. The maximum Gasteiger partial charge on any atom is 0.348 e. The normalized spacial score (nSPS) is 15.4. The third kappa shape index (κ3) is 6.71. The highest BCUT2D eigenvalue weighted by molar-refractivity contribution is 5.93. The minimum absolute atomic E-state index is 0.0238. The Hall–Kier alpha value is -6.03. The number of nitrogens with zero attached hydrogens (tertiary/aromatic N) is 9. The monoisotopic (exact) mass is 711 g/mol. The van der Waals surface area contributed by atoms with E-state index in [2.05, 4.69) is 14.7 Å². The van der Waals surface area contributed by atoms with E-state index in [4.69, 9.17) is 5.10 Å². The molecule has 2 fully saturated rings. The molecule has 2 aliphatic rings. The molecule has 270 valence electrons.